The van der Waals surface area contributed by atoms with Crippen molar-refractivity contribution in [3.05, 3.63) is 54.1 Å². The lowest BCUT2D eigenvalue weighted by atomic mass is 10.0. The summed E-state index contributed by atoms with van der Waals surface area (Å²) in [4.78, 5) is 8.19. The molecule has 0 unspecified atom stereocenters. The lowest BCUT2D eigenvalue weighted by Crippen LogP contribution is -1.90. The number of fused-ring (bicyclic) bond motifs is 1. The Morgan fingerprint density at radius 1 is 0.947 bits per heavy atom. The summed E-state index contributed by atoms with van der Waals surface area (Å²) in [7, 11) is 0. The van der Waals surface area contributed by atoms with Crippen molar-refractivity contribution in [1.82, 2.24) is 9.97 Å². The first-order valence-corrected chi connectivity index (χ1v) is 5.87. The normalized spacial score (nSPS) is 10.8. The predicted octanol–water partition coefficient (Wildman–Crippen LogP) is 3.45. The van der Waals surface area contributed by atoms with Crippen LogP contribution in [0.3, 0.4) is 0 Å². The molecule has 0 aliphatic rings. The molecule has 1 aromatic heterocycles. The van der Waals surface area contributed by atoms with Gasteiger partial charge in [0.2, 0.25) is 5.88 Å². The van der Waals surface area contributed by atoms with Crippen LogP contribution in [0.4, 0.5) is 4.39 Å². The zero-order valence-corrected chi connectivity index (χ0v) is 10.3. The quantitative estimate of drug-likeness (QED) is 0.723. The lowest BCUT2D eigenvalue weighted by Gasteiger charge is -2.05. The van der Waals surface area contributed by atoms with Gasteiger partial charge in [-0.05, 0) is 42.3 Å². The molecule has 0 amide bonds. The molecular formula is C15H11FN2O. The molecule has 0 saturated heterocycles. The van der Waals surface area contributed by atoms with Crippen LogP contribution in [0.2, 0.25) is 0 Å². The Hall–Kier alpha value is -2.49. The summed E-state index contributed by atoms with van der Waals surface area (Å²) in [6, 6.07) is 11.7. The molecule has 94 valence electrons. The largest absolute Gasteiger partial charge is 0.493 e. The highest BCUT2D eigenvalue weighted by molar-refractivity contribution is 5.88. The number of benzene rings is 2. The third kappa shape index (κ3) is 2.12. The van der Waals surface area contributed by atoms with Crippen LogP contribution in [0.25, 0.3) is 22.0 Å². The van der Waals surface area contributed by atoms with Crippen molar-refractivity contribution in [2.75, 3.05) is 0 Å². The van der Waals surface area contributed by atoms with E-state index in [4.69, 9.17) is 0 Å². The Labute approximate surface area is 109 Å². The Kier molecular flexibility index (Phi) is 2.63. The van der Waals surface area contributed by atoms with E-state index in [2.05, 4.69) is 9.97 Å². The molecule has 3 aromatic rings. The maximum Gasteiger partial charge on any atom is 0.222 e. The molecule has 1 heterocycles. The molecule has 0 fully saturated rings. The average Bonchev–Trinajstić information content (AvgIpc) is 2.39. The zero-order chi connectivity index (χ0) is 13.4. The first kappa shape index (κ1) is 11.6. The van der Waals surface area contributed by atoms with Crippen LogP contribution in [0.15, 0.2) is 42.5 Å². The minimum absolute atomic E-state index is 0.0357. The summed E-state index contributed by atoms with van der Waals surface area (Å²) < 4.78 is 12.9. The Morgan fingerprint density at radius 2 is 1.63 bits per heavy atom. The van der Waals surface area contributed by atoms with Gasteiger partial charge in [-0.1, -0.05) is 18.2 Å². The third-order valence-electron chi connectivity index (χ3n) is 2.96. The fraction of sp³-hybridized carbons (Fsp3) is 0.0667. The third-order valence-corrected chi connectivity index (χ3v) is 2.96. The second kappa shape index (κ2) is 4.31. The van der Waals surface area contributed by atoms with Gasteiger partial charge in [0, 0.05) is 0 Å². The maximum atomic E-state index is 12.9. The van der Waals surface area contributed by atoms with E-state index in [-0.39, 0.29) is 11.7 Å². The molecule has 1 N–H and O–H groups in total. The topological polar surface area (TPSA) is 46.0 Å². The monoisotopic (exact) mass is 254 g/mol. The second-order valence-electron chi connectivity index (χ2n) is 4.33. The standard InChI is InChI=1S/C15H11FN2O/c1-9-17-14-7-4-11(8-13(14)15(19)18-9)10-2-5-12(16)6-3-10/h2-8H,1H3,(H,17,18,19). The van der Waals surface area contributed by atoms with Crippen molar-refractivity contribution in [1.29, 1.82) is 0 Å². The maximum absolute atomic E-state index is 12.9. The van der Waals surface area contributed by atoms with E-state index in [0.29, 0.717) is 16.7 Å². The molecular weight excluding hydrogens is 243 g/mol. The molecule has 0 radical (unpaired) electrons. The molecule has 4 heteroatoms. The van der Waals surface area contributed by atoms with E-state index in [1.807, 2.05) is 12.1 Å². The molecule has 0 bridgehead atoms. The fourth-order valence-corrected chi connectivity index (χ4v) is 2.05. The summed E-state index contributed by atoms with van der Waals surface area (Å²) in [5.41, 5.74) is 2.45. The summed E-state index contributed by atoms with van der Waals surface area (Å²) in [5.74, 6) is 0.220. The van der Waals surface area contributed by atoms with Gasteiger partial charge < -0.3 is 5.11 Å². The summed E-state index contributed by atoms with van der Waals surface area (Å²) in [6.07, 6.45) is 0. The Morgan fingerprint density at radius 3 is 2.37 bits per heavy atom. The Bertz CT molecular complexity index is 754. The molecule has 2 aromatic carbocycles. The number of hydrogen-bond acceptors (Lipinski definition) is 3. The summed E-state index contributed by atoms with van der Waals surface area (Å²) in [5, 5.41) is 10.4. The molecule has 0 aliphatic carbocycles. The van der Waals surface area contributed by atoms with Gasteiger partial charge in [0.1, 0.15) is 11.6 Å². The van der Waals surface area contributed by atoms with E-state index in [1.54, 1.807) is 25.1 Å². The van der Waals surface area contributed by atoms with Crippen LogP contribution in [0, 0.1) is 12.7 Å². The van der Waals surface area contributed by atoms with Crippen LogP contribution in [-0.4, -0.2) is 15.1 Å². The van der Waals surface area contributed by atoms with Gasteiger partial charge in [-0.15, -0.1) is 0 Å². The first-order chi connectivity index (χ1) is 9.13. The molecule has 0 atom stereocenters. The highest BCUT2D eigenvalue weighted by Crippen LogP contribution is 2.27. The molecule has 3 nitrogen and oxygen atoms in total. The molecule has 3 rings (SSSR count). The van der Waals surface area contributed by atoms with Crippen molar-refractivity contribution >= 4 is 10.9 Å². The van der Waals surface area contributed by atoms with Gasteiger partial charge in [0.05, 0.1) is 10.9 Å². The number of aromatic nitrogens is 2. The van der Waals surface area contributed by atoms with E-state index < -0.39 is 0 Å². The number of halogens is 1. The van der Waals surface area contributed by atoms with Crippen LogP contribution in [-0.2, 0) is 0 Å². The van der Waals surface area contributed by atoms with Crippen molar-refractivity contribution in [2.24, 2.45) is 0 Å². The van der Waals surface area contributed by atoms with Crippen molar-refractivity contribution in [3.8, 4) is 17.0 Å². The fourth-order valence-electron chi connectivity index (χ4n) is 2.05. The van der Waals surface area contributed by atoms with E-state index in [9.17, 15) is 9.50 Å². The molecule has 0 spiro atoms. The van der Waals surface area contributed by atoms with Crippen molar-refractivity contribution < 1.29 is 9.50 Å². The number of nitrogens with zero attached hydrogens (tertiary/aromatic N) is 2. The van der Waals surface area contributed by atoms with Crippen molar-refractivity contribution in [3.63, 3.8) is 0 Å². The smallest absolute Gasteiger partial charge is 0.222 e. The average molecular weight is 254 g/mol. The van der Waals surface area contributed by atoms with Crippen molar-refractivity contribution in [2.45, 2.75) is 6.92 Å². The van der Waals surface area contributed by atoms with Crippen LogP contribution < -0.4 is 0 Å². The first-order valence-electron chi connectivity index (χ1n) is 5.87. The SMILES string of the molecule is Cc1nc(O)c2cc(-c3ccc(F)cc3)ccc2n1. The van der Waals surface area contributed by atoms with Crippen LogP contribution in [0.1, 0.15) is 5.82 Å². The number of aryl methyl sites for hydroxylation is 1. The van der Waals surface area contributed by atoms with Gasteiger partial charge >= 0.3 is 0 Å². The van der Waals surface area contributed by atoms with Gasteiger partial charge in [0.25, 0.3) is 0 Å². The second-order valence-corrected chi connectivity index (χ2v) is 4.33. The van der Waals surface area contributed by atoms with Crippen LogP contribution in [0.5, 0.6) is 5.88 Å². The van der Waals surface area contributed by atoms with Crippen LogP contribution >= 0.6 is 0 Å². The lowest BCUT2D eigenvalue weighted by molar-refractivity contribution is 0.457. The molecule has 19 heavy (non-hydrogen) atoms. The minimum atomic E-state index is -0.272. The minimum Gasteiger partial charge on any atom is -0.493 e. The highest BCUT2D eigenvalue weighted by Gasteiger charge is 2.06. The van der Waals surface area contributed by atoms with E-state index in [0.717, 1.165) is 11.1 Å². The number of aromatic hydroxyl groups is 1. The van der Waals surface area contributed by atoms with E-state index >= 15 is 0 Å². The number of hydrogen-bond donors (Lipinski definition) is 1. The molecule has 0 aliphatic heterocycles. The zero-order valence-electron chi connectivity index (χ0n) is 10.3. The highest BCUT2D eigenvalue weighted by atomic mass is 19.1. The van der Waals surface area contributed by atoms with Gasteiger partial charge in [0.15, 0.2) is 0 Å². The Balaban J connectivity index is 2.19. The van der Waals surface area contributed by atoms with Gasteiger partial charge in [-0.25, -0.2) is 9.37 Å². The van der Waals surface area contributed by atoms with Gasteiger partial charge in [-0.3, -0.25) is 0 Å². The van der Waals surface area contributed by atoms with Gasteiger partial charge in [-0.2, -0.15) is 4.98 Å². The molecule has 0 saturated carbocycles. The van der Waals surface area contributed by atoms with E-state index in [1.165, 1.54) is 12.1 Å². The summed E-state index contributed by atoms with van der Waals surface area (Å²) >= 11 is 0. The predicted molar refractivity (Wildman–Crippen MR) is 71.3 cm³/mol. The summed E-state index contributed by atoms with van der Waals surface area (Å²) in [6.45, 7) is 1.73. The number of rotatable bonds is 1.